The smallest absolute Gasteiger partial charge is 0.282 e. The summed E-state index contributed by atoms with van der Waals surface area (Å²) in [5.41, 5.74) is 3.14. The Morgan fingerprint density at radius 3 is 2.03 bits per heavy atom. The van der Waals surface area contributed by atoms with Crippen LogP contribution in [-0.4, -0.2) is 18.4 Å². The summed E-state index contributed by atoms with van der Waals surface area (Å²) >= 11 is 0. The molecule has 0 spiro atoms. The van der Waals surface area contributed by atoms with Gasteiger partial charge in [0.2, 0.25) is 0 Å². The summed E-state index contributed by atoms with van der Waals surface area (Å²) in [6, 6.07) is 20.1. The Balaban J connectivity index is 1.75. The van der Waals surface area contributed by atoms with Gasteiger partial charge in [-0.05, 0) is 72.0 Å². The van der Waals surface area contributed by atoms with Gasteiger partial charge >= 0.3 is 0 Å². The number of nitrogens with zero attached hydrogens (tertiary/aromatic N) is 1. The van der Waals surface area contributed by atoms with Gasteiger partial charge < -0.3 is 10.1 Å². The molecule has 0 radical (unpaired) electrons. The Kier molecular flexibility index (Phi) is 6.24. The number of anilines is 2. The van der Waals surface area contributed by atoms with Crippen LogP contribution in [0.3, 0.4) is 0 Å². The van der Waals surface area contributed by atoms with Crippen molar-refractivity contribution in [2.45, 2.75) is 33.1 Å². The molecule has 2 amide bonds. The number of benzene rings is 3. The van der Waals surface area contributed by atoms with E-state index in [2.05, 4.69) is 26.1 Å². The van der Waals surface area contributed by atoms with E-state index >= 15 is 0 Å². The quantitative estimate of drug-likeness (QED) is 0.466. The van der Waals surface area contributed by atoms with Crippen molar-refractivity contribution < 1.29 is 18.7 Å². The van der Waals surface area contributed by atoms with Gasteiger partial charge in [-0.2, -0.15) is 0 Å². The molecular weight excluding hydrogens is 431 g/mol. The van der Waals surface area contributed by atoms with Crippen LogP contribution in [0.2, 0.25) is 0 Å². The SMILES string of the molecule is CCOc1ccc(C2=C(Nc3ccc(C(C)(C)C)cc3)C(=O)N(c3ccc(F)cc3)C2=O)cc1. The van der Waals surface area contributed by atoms with Crippen LogP contribution in [0, 0.1) is 5.82 Å². The van der Waals surface area contributed by atoms with Crippen molar-refractivity contribution in [3.63, 3.8) is 0 Å². The molecule has 6 heteroatoms. The molecule has 1 heterocycles. The first-order chi connectivity index (χ1) is 16.2. The van der Waals surface area contributed by atoms with E-state index in [-0.39, 0.29) is 16.7 Å². The molecule has 0 saturated carbocycles. The third-order valence-electron chi connectivity index (χ3n) is 5.64. The predicted octanol–water partition coefficient (Wildman–Crippen LogP) is 5.92. The third-order valence-corrected chi connectivity index (χ3v) is 5.64. The van der Waals surface area contributed by atoms with Crippen LogP contribution in [0.25, 0.3) is 5.57 Å². The Labute approximate surface area is 198 Å². The van der Waals surface area contributed by atoms with Gasteiger partial charge in [0.1, 0.15) is 17.3 Å². The number of rotatable bonds is 6. The lowest BCUT2D eigenvalue weighted by Gasteiger charge is -2.19. The molecule has 174 valence electrons. The van der Waals surface area contributed by atoms with Crippen LogP contribution >= 0.6 is 0 Å². The molecule has 4 rings (SSSR count). The highest BCUT2D eigenvalue weighted by molar-refractivity contribution is 6.46. The van der Waals surface area contributed by atoms with Gasteiger partial charge in [0.05, 0.1) is 17.9 Å². The summed E-state index contributed by atoms with van der Waals surface area (Å²) in [5, 5.41) is 3.16. The number of hydrogen-bond acceptors (Lipinski definition) is 4. The molecule has 1 aliphatic heterocycles. The predicted molar refractivity (Wildman–Crippen MR) is 132 cm³/mol. The minimum Gasteiger partial charge on any atom is -0.494 e. The first-order valence-electron chi connectivity index (χ1n) is 11.2. The Bertz CT molecular complexity index is 1240. The molecule has 3 aromatic rings. The number of imide groups is 1. The summed E-state index contributed by atoms with van der Waals surface area (Å²) in [6.07, 6.45) is 0. The van der Waals surface area contributed by atoms with Crippen molar-refractivity contribution in [1.29, 1.82) is 0 Å². The Hall–Kier alpha value is -3.93. The fourth-order valence-corrected chi connectivity index (χ4v) is 3.82. The lowest BCUT2D eigenvalue weighted by Crippen LogP contribution is -2.32. The Morgan fingerprint density at radius 1 is 0.853 bits per heavy atom. The highest BCUT2D eigenvalue weighted by Gasteiger charge is 2.40. The van der Waals surface area contributed by atoms with E-state index in [4.69, 9.17) is 4.74 Å². The van der Waals surface area contributed by atoms with Crippen molar-refractivity contribution in [3.8, 4) is 5.75 Å². The second-order valence-corrected chi connectivity index (χ2v) is 9.08. The standard InChI is InChI=1S/C28H27FN2O3/c1-5-34-23-16-6-18(7-17-23)24-25(30-21-12-8-19(9-13-21)28(2,3)4)27(33)31(26(24)32)22-14-10-20(29)11-15-22/h6-17,30H,5H2,1-4H3. The maximum absolute atomic E-state index is 13.5. The van der Waals surface area contributed by atoms with E-state index in [0.29, 0.717) is 29.3 Å². The maximum Gasteiger partial charge on any atom is 0.282 e. The third kappa shape index (κ3) is 4.57. The van der Waals surface area contributed by atoms with Crippen molar-refractivity contribution >= 4 is 28.8 Å². The number of ether oxygens (including phenoxy) is 1. The van der Waals surface area contributed by atoms with Crippen LogP contribution in [0.4, 0.5) is 15.8 Å². The van der Waals surface area contributed by atoms with E-state index in [1.54, 1.807) is 24.3 Å². The van der Waals surface area contributed by atoms with Crippen LogP contribution in [0.1, 0.15) is 38.8 Å². The zero-order chi connectivity index (χ0) is 24.5. The van der Waals surface area contributed by atoms with E-state index < -0.39 is 17.6 Å². The number of nitrogens with one attached hydrogen (secondary N) is 1. The Morgan fingerprint density at radius 2 is 1.47 bits per heavy atom. The van der Waals surface area contributed by atoms with Gasteiger partial charge in [-0.1, -0.05) is 45.0 Å². The number of carbonyl (C=O) groups excluding carboxylic acids is 2. The number of hydrogen-bond donors (Lipinski definition) is 1. The van der Waals surface area contributed by atoms with E-state index in [1.165, 1.54) is 24.3 Å². The highest BCUT2D eigenvalue weighted by Crippen LogP contribution is 2.35. The molecular formula is C28H27FN2O3. The van der Waals surface area contributed by atoms with Crippen LogP contribution in [-0.2, 0) is 15.0 Å². The van der Waals surface area contributed by atoms with Crippen molar-refractivity contribution in [1.82, 2.24) is 0 Å². The van der Waals surface area contributed by atoms with Crippen molar-refractivity contribution in [3.05, 3.63) is 95.4 Å². The van der Waals surface area contributed by atoms with E-state index in [9.17, 15) is 14.0 Å². The van der Waals surface area contributed by atoms with Crippen LogP contribution in [0.15, 0.2) is 78.5 Å². The molecule has 0 bridgehead atoms. The monoisotopic (exact) mass is 458 g/mol. The zero-order valence-corrected chi connectivity index (χ0v) is 19.7. The fraction of sp³-hybridized carbons (Fsp3) is 0.214. The van der Waals surface area contributed by atoms with Gasteiger partial charge in [-0.3, -0.25) is 9.59 Å². The first kappa shape index (κ1) is 23.2. The molecule has 0 aromatic heterocycles. The van der Waals surface area contributed by atoms with Crippen LogP contribution < -0.4 is 15.0 Å². The van der Waals surface area contributed by atoms with E-state index in [0.717, 1.165) is 10.5 Å². The zero-order valence-electron chi connectivity index (χ0n) is 19.7. The van der Waals surface area contributed by atoms with Gasteiger partial charge in [0, 0.05) is 5.69 Å². The first-order valence-corrected chi connectivity index (χ1v) is 11.2. The summed E-state index contributed by atoms with van der Waals surface area (Å²) in [6.45, 7) is 8.80. The minimum atomic E-state index is -0.500. The summed E-state index contributed by atoms with van der Waals surface area (Å²) in [7, 11) is 0. The molecule has 0 fully saturated rings. The van der Waals surface area contributed by atoms with Gasteiger partial charge in [0.15, 0.2) is 0 Å². The molecule has 0 saturated heterocycles. The number of halogens is 1. The van der Waals surface area contributed by atoms with Crippen molar-refractivity contribution in [2.75, 3.05) is 16.8 Å². The van der Waals surface area contributed by atoms with Crippen molar-refractivity contribution in [2.24, 2.45) is 0 Å². The van der Waals surface area contributed by atoms with E-state index in [1.807, 2.05) is 31.2 Å². The minimum absolute atomic E-state index is 0.0101. The lowest BCUT2D eigenvalue weighted by atomic mass is 9.87. The maximum atomic E-state index is 13.5. The molecule has 5 nitrogen and oxygen atoms in total. The molecule has 0 unspecified atom stereocenters. The molecule has 0 atom stereocenters. The molecule has 1 aliphatic rings. The summed E-state index contributed by atoms with van der Waals surface area (Å²) in [4.78, 5) is 28.0. The molecule has 0 aliphatic carbocycles. The molecule has 3 aromatic carbocycles. The second kappa shape index (κ2) is 9.14. The van der Waals surface area contributed by atoms with Crippen LogP contribution in [0.5, 0.6) is 5.75 Å². The second-order valence-electron chi connectivity index (χ2n) is 9.08. The van der Waals surface area contributed by atoms with Gasteiger partial charge in [-0.15, -0.1) is 0 Å². The summed E-state index contributed by atoms with van der Waals surface area (Å²) in [5.74, 6) is -0.749. The van der Waals surface area contributed by atoms with Gasteiger partial charge in [-0.25, -0.2) is 9.29 Å². The average Bonchev–Trinajstić information content (AvgIpc) is 3.04. The van der Waals surface area contributed by atoms with Gasteiger partial charge in [0.25, 0.3) is 11.8 Å². The normalized spacial score (nSPS) is 14.1. The number of carbonyl (C=O) groups is 2. The summed E-state index contributed by atoms with van der Waals surface area (Å²) < 4.78 is 19.0. The number of amides is 2. The lowest BCUT2D eigenvalue weighted by molar-refractivity contribution is -0.120. The largest absolute Gasteiger partial charge is 0.494 e. The molecule has 34 heavy (non-hydrogen) atoms. The average molecular weight is 459 g/mol. The molecule has 1 N–H and O–H groups in total. The topological polar surface area (TPSA) is 58.6 Å². The fourth-order valence-electron chi connectivity index (χ4n) is 3.82. The highest BCUT2D eigenvalue weighted by atomic mass is 19.1.